The molecule has 4 nitrogen and oxygen atoms in total. The number of carbonyl (C=O) groups is 1. The second kappa shape index (κ2) is 5.21. The van der Waals surface area contributed by atoms with Crippen LogP contribution in [0.2, 0.25) is 0 Å². The van der Waals surface area contributed by atoms with Gasteiger partial charge in [0.05, 0.1) is 5.92 Å². The monoisotopic (exact) mass is 267 g/mol. The third kappa shape index (κ3) is 2.43. The molecule has 2 fully saturated rings. The summed E-state index contributed by atoms with van der Waals surface area (Å²) in [6.45, 7) is 4.16. The van der Waals surface area contributed by atoms with E-state index in [-0.39, 0.29) is 11.8 Å². The Kier molecular flexibility index (Phi) is 3.61. The molecule has 0 aromatic carbocycles. The summed E-state index contributed by atoms with van der Waals surface area (Å²) in [7, 11) is 2.15. The van der Waals surface area contributed by atoms with Crippen LogP contribution in [0.5, 0.6) is 0 Å². The molecule has 5 heteroatoms. The molecule has 0 N–H and O–H groups in total. The molecule has 0 aromatic rings. The molecule has 0 spiro atoms. The normalized spacial score (nSPS) is 34.2. The molecule has 0 aromatic heterocycles. The zero-order chi connectivity index (χ0) is 12.5. The zero-order valence-corrected chi connectivity index (χ0v) is 11.8. The van der Waals surface area contributed by atoms with Crippen LogP contribution in [0.15, 0.2) is 4.99 Å². The van der Waals surface area contributed by atoms with E-state index in [0.717, 1.165) is 37.8 Å². The highest BCUT2D eigenvalue weighted by atomic mass is 32.2. The average molecular weight is 267 g/mol. The molecule has 1 saturated heterocycles. The van der Waals surface area contributed by atoms with Gasteiger partial charge in [-0.2, -0.15) is 4.99 Å². The molecule has 1 aliphatic carbocycles. The fraction of sp³-hybridized carbons (Fsp3) is 0.846. The number of piperazine rings is 1. The molecule has 2 unspecified atom stereocenters. The van der Waals surface area contributed by atoms with Crippen molar-refractivity contribution in [3.8, 4) is 0 Å². The lowest BCUT2D eigenvalue weighted by Crippen LogP contribution is -2.48. The predicted octanol–water partition coefficient (Wildman–Crippen LogP) is 1.42. The van der Waals surface area contributed by atoms with E-state index < -0.39 is 0 Å². The van der Waals surface area contributed by atoms with Gasteiger partial charge in [-0.05, 0) is 19.9 Å². The smallest absolute Gasteiger partial charge is 0.252 e. The molecule has 3 rings (SSSR count). The molecular formula is C13H21N3OS. The summed E-state index contributed by atoms with van der Waals surface area (Å²) in [6.07, 6.45) is 4.72. The minimum atomic E-state index is 0.146. The number of amides is 1. The van der Waals surface area contributed by atoms with E-state index in [1.807, 2.05) is 11.8 Å². The lowest BCUT2D eigenvalue weighted by atomic mass is 9.88. The average Bonchev–Trinajstić information content (AvgIpc) is 2.39. The fourth-order valence-corrected chi connectivity index (χ4v) is 4.45. The van der Waals surface area contributed by atoms with Gasteiger partial charge in [0.25, 0.3) is 5.91 Å². The zero-order valence-electron chi connectivity index (χ0n) is 11.0. The summed E-state index contributed by atoms with van der Waals surface area (Å²) in [5.74, 6) is 0.354. The summed E-state index contributed by atoms with van der Waals surface area (Å²) in [6, 6.07) is 0. The number of rotatable bonds is 0. The number of hydrogen-bond donors (Lipinski definition) is 0. The van der Waals surface area contributed by atoms with Gasteiger partial charge in [-0.15, -0.1) is 0 Å². The Balaban J connectivity index is 1.71. The van der Waals surface area contributed by atoms with Crippen molar-refractivity contribution in [3.05, 3.63) is 0 Å². The Bertz CT molecular complexity index is 363. The quantitative estimate of drug-likeness (QED) is 0.665. The van der Waals surface area contributed by atoms with Crippen LogP contribution in [-0.2, 0) is 4.79 Å². The summed E-state index contributed by atoms with van der Waals surface area (Å²) in [4.78, 5) is 21.1. The molecule has 0 radical (unpaired) electrons. The largest absolute Gasteiger partial charge is 0.349 e. The van der Waals surface area contributed by atoms with Crippen LogP contribution in [0.4, 0.5) is 0 Å². The molecule has 1 saturated carbocycles. The first-order chi connectivity index (χ1) is 8.74. The molecule has 18 heavy (non-hydrogen) atoms. The number of carbonyl (C=O) groups excluding carboxylic acids is 1. The number of aliphatic imine (C=N–C) groups is 1. The Morgan fingerprint density at radius 2 is 1.89 bits per heavy atom. The summed E-state index contributed by atoms with van der Waals surface area (Å²) in [5.41, 5.74) is 0. The maximum Gasteiger partial charge on any atom is 0.252 e. The van der Waals surface area contributed by atoms with Crippen molar-refractivity contribution in [1.82, 2.24) is 9.80 Å². The first-order valence-corrected chi connectivity index (χ1v) is 7.85. The van der Waals surface area contributed by atoms with E-state index in [9.17, 15) is 4.79 Å². The van der Waals surface area contributed by atoms with Crippen molar-refractivity contribution in [1.29, 1.82) is 0 Å². The van der Waals surface area contributed by atoms with Gasteiger partial charge in [0.1, 0.15) is 0 Å². The van der Waals surface area contributed by atoms with Crippen molar-refractivity contribution in [2.75, 3.05) is 33.2 Å². The molecule has 3 aliphatic rings. The van der Waals surface area contributed by atoms with Crippen molar-refractivity contribution < 1.29 is 4.79 Å². The Hall–Kier alpha value is -0.550. The predicted molar refractivity (Wildman–Crippen MR) is 74.8 cm³/mol. The standard InChI is InChI=1S/C13H21N3OS/c1-15-6-8-16(9-7-15)13-14-12(17)10-4-2-3-5-11(10)18-13/h10-11H,2-9H2,1H3. The van der Waals surface area contributed by atoms with Crippen LogP contribution in [0, 0.1) is 5.92 Å². The Morgan fingerprint density at radius 3 is 2.67 bits per heavy atom. The van der Waals surface area contributed by atoms with E-state index in [2.05, 4.69) is 21.8 Å². The van der Waals surface area contributed by atoms with E-state index in [0.29, 0.717) is 5.25 Å². The molecule has 0 bridgehead atoms. The van der Waals surface area contributed by atoms with Crippen LogP contribution < -0.4 is 0 Å². The van der Waals surface area contributed by atoms with Crippen LogP contribution in [0.3, 0.4) is 0 Å². The van der Waals surface area contributed by atoms with Gasteiger partial charge in [0.15, 0.2) is 5.17 Å². The highest BCUT2D eigenvalue weighted by Crippen LogP contribution is 2.38. The second-order valence-electron chi connectivity index (χ2n) is 5.57. The lowest BCUT2D eigenvalue weighted by Gasteiger charge is -2.39. The maximum absolute atomic E-state index is 12.1. The summed E-state index contributed by atoms with van der Waals surface area (Å²) < 4.78 is 0. The van der Waals surface area contributed by atoms with Gasteiger partial charge < -0.3 is 9.80 Å². The minimum Gasteiger partial charge on any atom is -0.349 e. The van der Waals surface area contributed by atoms with Crippen molar-refractivity contribution in [3.63, 3.8) is 0 Å². The molecule has 2 heterocycles. The molecular weight excluding hydrogens is 246 g/mol. The number of nitrogens with zero attached hydrogens (tertiary/aromatic N) is 3. The van der Waals surface area contributed by atoms with Crippen molar-refractivity contribution >= 4 is 22.8 Å². The Morgan fingerprint density at radius 1 is 1.17 bits per heavy atom. The van der Waals surface area contributed by atoms with Crippen LogP contribution >= 0.6 is 11.8 Å². The first-order valence-electron chi connectivity index (χ1n) is 6.97. The highest BCUT2D eigenvalue weighted by molar-refractivity contribution is 8.14. The SMILES string of the molecule is CN1CCN(C2=NC(=O)C3CCCCC3S2)CC1. The molecule has 2 atom stereocenters. The molecule has 2 aliphatic heterocycles. The maximum atomic E-state index is 12.1. The number of hydrogen-bond acceptors (Lipinski definition) is 4. The van der Waals surface area contributed by atoms with E-state index in [4.69, 9.17) is 0 Å². The van der Waals surface area contributed by atoms with Crippen molar-refractivity contribution in [2.24, 2.45) is 10.9 Å². The highest BCUT2D eigenvalue weighted by Gasteiger charge is 2.37. The topological polar surface area (TPSA) is 35.9 Å². The van der Waals surface area contributed by atoms with Gasteiger partial charge >= 0.3 is 0 Å². The van der Waals surface area contributed by atoms with Crippen molar-refractivity contribution in [2.45, 2.75) is 30.9 Å². The van der Waals surface area contributed by atoms with E-state index in [1.54, 1.807) is 0 Å². The van der Waals surface area contributed by atoms with Gasteiger partial charge in [-0.1, -0.05) is 24.6 Å². The van der Waals surface area contributed by atoms with Gasteiger partial charge in [0, 0.05) is 31.4 Å². The van der Waals surface area contributed by atoms with Gasteiger partial charge in [-0.25, -0.2) is 0 Å². The van der Waals surface area contributed by atoms with Gasteiger partial charge in [-0.3, -0.25) is 4.79 Å². The summed E-state index contributed by atoms with van der Waals surface area (Å²) in [5, 5.41) is 1.50. The fourth-order valence-electron chi connectivity index (χ4n) is 3.00. The van der Waals surface area contributed by atoms with Crippen LogP contribution in [-0.4, -0.2) is 59.4 Å². The second-order valence-corrected chi connectivity index (χ2v) is 6.78. The van der Waals surface area contributed by atoms with Crippen LogP contribution in [0.25, 0.3) is 0 Å². The first kappa shape index (κ1) is 12.5. The molecule has 1 amide bonds. The third-order valence-corrected chi connectivity index (χ3v) is 5.68. The van der Waals surface area contributed by atoms with E-state index in [1.165, 1.54) is 19.3 Å². The number of amidine groups is 1. The molecule has 100 valence electrons. The van der Waals surface area contributed by atoms with Crippen LogP contribution in [0.1, 0.15) is 25.7 Å². The lowest BCUT2D eigenvalue weighted by molar-refractivity contribution is -0.122. The number of fused-ring (bicyclic) bond motifs is 1. The minimum absolute atomic E-state index is 0.146. The summed E-state index contributed by atoms with van der Waals surface area (Å²) >= 11 is 1.86. The van der Waals surface area contributed by atoms with Gasteiger partial charge in [0.2, 0.25) is 0 Å². The van der Waals surface area contributed by atoms with E-state index >= 15 is 0 Å². The number of thioether (sulfide) groups is 1. The number of likely N-dealkylation sites (N-methyl/N-ethyl adjacent to an activating group) is 1. The third-order valence-electron chi connectivity index (χ3n) is 4.26. The Labute approximate surface area is 113 Å².